The predicted molar refractivity (Wildman–Crippen MR) is 56.0 cm³/mol. The van der Waals surface area contributed by atoms with Crippen molar-refractivity contribution < 1.29 is 9.47 Å². The van der Waals surface area contributed by atoms with Crippen molar-refractivity contribution in [3.8, 4) is 11.8 Å². The summed E-state index contributed by atoms with van der Waals surface area (Å²) in [6.45, 7) is 1.31. The van der Waals surface area contributed by atoms with Crippen LogP contribution in [0.5, 0.6) is 5.75 Å². The number of hydrogen-bond donors (Lipinski definition) is 0. The minimum atomic E-state index is 0.222. The Kier molecular flexibility index (Phi) is 3.10. The second-order valence-electron chi connectivity index (χ2n) is 3.37. The summed E-state index contributed by atoms with van der Waals surface area (Å²) in [7, 11) is 0. The summed E-state index contributed by atoms with van der Waals surface area (Å²) in [5, 5.41) is 9.07. The number of epoxide rings is 1. The van der Waals surface area contributed by atoms with Crippen LogP contribution in [0.2, 0.25) is 5.02 Å². The van der Waals surface area contributed by atoms with Crippen LogP contribution in [0.15, 0.2) is 18.2 Å². The topological polar surface area (TPSA) is 45.5 Å². The van der Waals surface area contributed by atoms with Gasteiger partial charge >= 0.3 is 0 Å². The zero-order chi connectivity index (χ0) is 10.7. The van der Waals surface area contributed by atoms with Gasteiger partial charge in [-0.3, -0.25) is 0 Å². The van der Waals surface area contributed by atoms with Crippen LogP contribution in [0.3, 0.4) is 0 Å². The Morgan fingerprint density at radius 2 is 2.40 bits per heavy atom. The third kappa shape index (κ3) is 2.85. The third-order valence-electron chi connectivity index (χ3n) is 2.11. The van der Waals surface area contributed by atoms with Crippen LogP contribution in [0, 0.1) is 11.3 Å². The van der Waals surface area contributed by atoms with Gasteiger partial charge in [0.25, 0.3) is 0 Å². The molecule has 1 heterocycles. The number of nitrogens with zero attached hydrogens (tertiary/aromatic N) is 1. The van der Waals surface area contributed by atoms with E-state index >= 15 is 0 Å². The van der Waals surface area contributed by atoms with Gasteiger partial charge in [0.1, 0.15) is 18.5 Å². The van der Waals surface area contributed by atoms with Gasteiger partial charge < -0.3 is 9.47 Å². The molecular formula is C11H10ClNO2. The number of hydrogen-bond acceptors (Lipinski definition) is 3. The van der Waals surface area contributed by atoms with E-state index in [0.29, 0.717) is 23.8 Å². The third-order valence-corrected chi connectivity index (χ3v) is 2.40. The molecule has 1 fully saturated rings. The summed E-state index contributed by atoms with van der Waals surface area (Å²) in [5.41, 5.74) is 0.900. The molecular weight excluding hydrogens is 214 g/mol. The van der Waals surface area contributed by atoms with Gasteiger partial charge in [0.05, 0.1) is 24.1 Å². The van der Waals surface area contributed by atoms with Crippen molar-refractivity contribution in [3.63, 3.8) is 0 Å². The Hall–Kier alpha value is -1.24. The van der Waals surface area contributed by atoms with Crippen LogP contribution in [0.4, 0.5) is 0 Å². The molecule has 3 nitrogen and oxygen atoms in total. The van der Waals surface area contributed by atoms with Gasteiger partial charge in [0.15, 0.2) is 0 Å². The summed E-state index contributed by atoms with van der Waals surface area (Å²) in [5.74, 6) is 0.647. The fourth-order valence-corrected chi connectivity index (χ4v) is 1.47. The monoisotopic (exact) mass is 223 g/mol. The van der Waals surface area contributed by atoms with Gasteiger partial charge in [0.2, 0.25) is 0 Å². The summed E-state index contributed by atoms with van der Waals surface area (Å²) in [6, 6.07) is 7.46. The van der Waals surface area contributed by atoms with Crippen molar-refractivity contribution in [3.05, 3.63) is 28.8 Å². The van der Waals surface area contributed by atoms with Gasteiger partial charge in [0, 0.05) is 0 Å². The lowest BCUT2D eigenvalue weighted by Crippen LogP contribution is -2.04. The normalized spacial score (nSPS) is 18.3. The number of ether oxygens (including phenoxy) is 2. The minimum Gasteiger partial charge on any atom is -0.489 e. The van der Waals surface area contributed by atoms with Crippen molar-refractivity contribution in [2.75, 3.05) is 13.2 Å². The molecule has 78 valence electrons. The molecule has 0 N–H and O–H groups in total. The van der Waals surface area contributed by atoms with Crippen molar-refractivity contribution in [2.45, 2.75) is 12.5 Å². The highest BCUT2D eigenvalue weighted by molar-refractivity contribution is 6.32. The van der Waals surface area contributed by atoms with E-state index in [9.17, 15) is 0 Å². The first-order valence-electron chi connectivity index (χ1n) is 4.69. The van der Waals surface area contributed by atoms with E-state index < -0.39 is 0 Å². The molecule has 0 bridgehead atoms. The van der Waals surface area contributed by atoms with Crippen LogP contribution in [0.25, 0.3) is 0 Å². The fourth-order valence-electron chi connectivity index (χ4n) is 1.21. The quantitative estimate of drug-likeness (QED) is 0.735. The molecule has 1 unspecified atom stereocenters. The Labute approximate surface area is 93.2 Å². The summed E-state index contributed by atoms with van der Waals surface area (Å²) < 4.78 is 10.5. The predicted octanol–water partition coefficient (Wildman–Crippen LogP) is 2.18. The van der Waals surface area contributed by atoms with Crippen molar-refractivity contribution in [2.24, 2.45) is 0 Å². The molecule has 1 aliphatic heterocycles. The average Bonchev–Trinajstić information content (AvgIpc) is 3.01. The van der Waals surface area contributed by atoms with E-state index in [-0.39, 0.29) is 6.10 Å². The van der Waals surface area contributed by atoms with E-state index in [4.69, 9.17) is 26.3 Å². The molecule has 15 heavy (non-hydrogen) atoms. The minimum absolute atomic E-state index is 0.222. The number of rotatable bonds is 4. The molecule has 1 saturated heterocycles. The van der Waals surface area contributed by atoms with Crippen molar-refractivity contribution >= 4 is 11.6 Å². The van der Waals surface area contributed by atoms with Crippen LogP contribution >= 0.6 is 11.6 Å². The number of halogens is 1. The average molecular weight is 224 g/mol. The first-order valence-corrected chi connectivity index (χ1v) is 5.07. The van der Waals surface area contributed by atoms with Crippen LogP contribution in [-0.4, -0.2) is 19.3 Å². The summed E-state index contributed by atoms with van der Waals surface area (Å²) >= 11 is 5.99. The van der Waals surface area contributed by atoms with E-state index in [0.717, 1.165) is 12.2 Å². The van der Waals surface area contributed by atoms with Gasteiger partial charge in [-0.1, -0.05) is 17.7 Å². The van der Waals surface area contributed by atoms with Gasteiger partial charge in [-0.15, -0.1) is 0 Å². The van der Waals surface area contributed by atoms with Crippen molar-refractivity contribution in [1.82, 2.24) is 0 Å². The van der Waals surface area contributed by atoms with Crippen LogP contribution in [-0.2, 0) is 11.2 Å². The Balaban J connectivity index is 2.01. The molecule has 0 aromatic heterocycles. The molecule has 0 spiro atoms. The zero-order valence-corrected chi connectivity index (χ0v) is 8.83. The Bertz CT molecular complexity index is 396. The molecule has 4 heteroatoms. The fraction of sp³-hybridized carbons (Fsp3) is 0.364. The Morgan fingerprint density at radius 3 is 3.00 bits per heavy atom. The van der Waals surface area contributed by atoms with E-state index in [2.05, 4.69) is 6.07 Å². The summed E-state index contributed by atoms with van der Waals surface area (Å²) in [6.07, 6.45) is 0.589. The number of benzene rings is 1. The highest BCUT2D eigenvalue weighted by Crippen LogP contribution is 2.26. The lowest BCUT2D eigenvalue weighted by molar-refractivity contribution is 0.263. The molecule has 1 aromatic rings. The van der Waals surface area contributed by atoms with E-state index in [1.165, 1.54) is 0 Å². The molecule has 1 aliphatic rings. The van der Waals surface area contributed by atoms with E-state index in [1.54, 1.807) is 12.1 Å². The molecule has 0 amide bonds. The van der Waals surface area contributed by atoms with Crippen LogP contribution < -0.4 is 4.74 Å². The van der Waals surface area contributed by atoms with Gasteiger partial charge in [-0.2, -0.15) is 5.26 Å². The van der Waals surface area contributed by atoms with Gasteiger partial charge in [-0.05, 0) is 17.7 Å². The lowest BCUT2D eigenvalue weighted by Gasteiger charge is -2.06. The van der Waals surface area contributed by atoms with Crippen molar-refractivity contribution in [1.29, 1.82) is 5.26 Å². The Morgan fingerprint density at radius 1 is 1.60 bits per heavy atom. The second-order valence-corrected chi connectivity index (χ2v) is 3.77. The SMILES string of the molecule is N#CCc1ccc(OCC2CO2)c(Cl)c1. The molecule has 0 radical (unpaired) electrons. The highest BCUT2D eigenvalue weighted by Gasteiger charge is 2.23. The second kappa shape index (κ2) is 4.52. The van der Waals surface area contributed by atoms with Gasteiger partial charge in [-0.25, -0.2) is 0 Å². The summed E-state index contributed by atoms with van der Waals surface area (Å²) in [4.78, 5) is 0. The maximum atomic E-state index is 8.52. The van der Waals surface area contributed by atoms with Crippen LogP contribution in [0.1, 0.15) is 5.56 Å². The molecule has 1 aromatic carbocycles. The molecule has 0 aliphatic carbocycles. The maximum absolute atomic E-state index is 8.52. The zero-order valence-electron chi connectivity index (χ0n) is 8.07. The largest absolute Gasteiger partial charge is 0.489 e. The highest BCUT2D eigenvalue weighted by atomic mass is 35.5. The van der Waals surface area contributed by atoms with E-state index in [1.807, 2.05) is 6.07 Å². The molecule has 2 rings (SSSR count). The molecule has 1 atom stereocenters. The molecule has 0 saturated carbocycles. The first kappa shape index (κ1) is 10.3. The smallest absolute Gasteiger partial charge is 0.138 e. The number of nitriles is 1. The lowest BCUT2D eigenvalue weighted by atomic mass is 10.1. The first-order chi connectivity index (χ1) is 7.29. The standard InChI is InChI=1S/C11H10ClNO2/c12-10-5-8(3-4-13)1-2-11(10)15-7-9-6-14-9/h1-2,5,9H,3,6-7H2. The maximum Gasteiger partial charge on any atom is 0.138 e.